The van der Waals surface area contributed by atoms with Crippen molar-refractivity contribution in [2.45, 2.75) is 45.1 Å². The Morgan fingerprint density at radius 1 is 1.32 bits per heavy atom. The van der Waals surface area contributed by atoms with Crippen molar-refractivity contribution in [1.82, 2.24) is 4.90 Å². The predicted molar refractivity (Wildman–Crippen MR) is 89.9 cm³/mol. The molecule has 122 valence electrons. The van der Waals surface area contributed by atoms with Crippen molar-refractivity contribution < 1.29 is 9.90 Å². The predicted octanol–water partition coefficient (Wildman–Crippen LogP) is 2.67. The van der Waals surface area contributed by atoms with Gasteiger partial charge in [-0.05, 0) is 43.9 Å². The fourth-order valence-corrected chi connectivity index (χ4v) is 3.25. The van der Waals surface area contributed by atoms with E-state index in [1.54, 1.807) is 0 Å². The van der Waals surface area contributed by atoms with Crippen LogP contribution in [0.15, 0.2) is 24.3 Å². The number of rotatable bonds is 6. The lowest BCUT2D eigenvalue weighted by molar-refractivity contribution is -0.117. The molecule has 4 nitrogen and oxygen atoms in total. The quantitative estimate of drug-likeness (QED) is 0.849. The number of nitrogens with zero attached hydrogens (tertiary/aromatic N) is 1. The van der Waals surface area contributed by atoms with Crippen LogP contribution in [0.2, 0.25) is 0 Å². The smallest absolute Gasteiger partial charge is 0.238 e. The SMILES string of the molecule is CCc1ccccc1NC(=O)CN(C)CC1CCCCC1O. The number of hydrogen-bond acceptors (Lipinski definition) is 3. The number of aryl methyl sites for hydroxylation is 1. The Labute approximate surface area is 133 Å². The maximum atomic E-state index is 12.2. The van der Waals surface area contributed by atoms with Crippen LogP contribution in [-0.4, -0.2) is 42.2 Å². The van der Waals surface area contributed by atoms with Crippen molar-refractivity contribution >= 4 is 11.6 Å². The number of nitrogens with one attached hydrogen (secondary N) is 1. The molecule has 2 atom stereocenters. The van der Waals surface area contributed by atoms with Crippen LogP contribution in [0, 0.1) is 5.92 Å². The van der Waals surface area contributed by atoms with E-state index >= 15 is 0 Å². The number of amides is 1. The monoisotopic (exact) mass is 304 g/mol. The average molecular weight is 304 g/mol. The van der Waals surface area contributed by atoms with Gasteiger partial charge in [-0.2, -0.15) is 0 Å². The molecule has 1 amide bonds. The zero-order valence-electron chi connectivity index (χ0n) is 13.7. The third-order valence-corrected chi connectivity index (χ3v) is 4.50. The molecule has 1 fully saturated rings. The first-order valence-corrected chi connectivity index (χ1v) is 8.34. The number of para-hydroxylation sites is 1. The Morgan fingerprint density at radius 2 is 2.05 bits per heavy atom. The van der Waals surface area contributed by atoms with Gasteiger partial charge >= 0.3 is 0 Å². The summed E-state index contributed by atoms with van der Waals surface area (Å²) in [5.74, 6) is 0.308. The summed E-state index contributed by atoms with van der Waals surface area (Å²) in [6.45, 7) is 3.23. The Bertz CT molecular complexity index is 490. The van der Waals surface area contributed by atoms with E-state index in [4.69, 9.17) is 0 Å². The zero-order valence-corrected chi connectivity index (χ0v) is 13.7. The van der Waals surface area contributed by atoms with E-state index in [9.17, 15) is 9.90 Å². The fraction of sp³-hybridized carbons (Fsp3) is 0.611. The summed E-state index contributed by atoms with van der Waals surface area (Å²) in [5.41, 5.74) is 2.06. The topological polar surface area (TPSA) is 52.6 Å². The highest BCUT2D eigenvalue weighted by Crippen LogP contribution is 2.24. The largest absolute Gasteiger partial charge is 0.393 e. The number of aliphatic hydroxyl groups excluding tert-OH is 1. The lowest BCUT2D eigenvalue weighted by atomic mass is 9.86. The van der Waals surface area contributed by atoms with E-state index in [2.05, 4.69) is 12.2 Å². The van der Waals surface area contributed by atoms with Crippen LogP contribution in [0.3, 0.4) is 0 Å². The Balaban J connectivity index is 1.83. The van der Waals surface area contributed by atoms with E-state index < -0.39 is 0 Å². The third-order valence-electron chi connectivity index (χ3n) is 4.50. The Hall–Kier alpha value is -1.39. The van der Waals surface area contributed by atoms with Gasteiger partial charge in [0.1, 0.15) is 0 Å². The van der Waals surface area contributed by atoms with Gasteiger partial charge in [0.2, 0.25) is 5.91 Å². The molecule has 1 aromatic rings. The molecule has 0 bridgehead atoms. The second kappa shape index (κ2) is 8.30. The number of benzene rings is 1. The van der Waals surface area contributed by atoms with Gasteiger partial charge in [0.25, 0.3) is 0 Å². The van der Waals surface area contributed by atoms with Crippen LogP contribution in [0.1, 0.15) is 38.2 Å². The van der Waals surface area contributed by atoms with Crippen molar-refractivity contribution in [3.63, 3.8) is 0 Å². The van der Waals surface area contributed by atoms with Gasteiger partial charge in [0.05, 0.1) is 12.6 Å². The molecule has 1 saturated carbocycles. The molecule has 0 aliphatic heterocycles. The molecule has 2 N–H and O–H groups in total. The van der Waals surface area contributed by atoms with E-state index in [-0.39, 0.29) is 12.0 Å². The molecule has 0 saturated heterocycles. The fourth-order valence-electron chi connectivity index (χ4n) is 3.25. The summed E-state index contributed by atoms with van der Waals surface area (Å²) in [6.07, 6.45) is 4.96. The molecular formula is C18H28N2O2. The molecule has 1 aliphatic carbocycles. The summed E-state index contributed by atoms with van der Waals surface area (Å²) in [6, 6.07) is 7.92. The highest BCUT2D eigenvalue weighted by Gasteiger charge is 2.24. The van der Waals surface area contributed by atoms with Crippen LogP contribution in [0.25, 0.3) is 0 Å². The molecule has 0 spiro atoms. The summed E-state index contributed by atoms with van der Waals surface area (Å²) in [7, 11) is 1.95. The van der Waals surface area contributed by atoms with Crippen molar-refractivity contribution in [3.05, 3.63) is 29.8 Å². The minimum Gasteiger partial charge on any atom is -0.393 e. The first kappa shape index (κ1) is 17.0. The lowest BCUT2D eigenvalue weighted by Crippen LogP contribution is -2.38. The second-order valence-corrected chi connectivity index (χ2v) is 6.37. The Kier molecular flexibility index (Phi) is 6.40. The molecule has 1 aromatic carbocycles. The van der Waals surface area contributed by atoms with Crippen molar-refractivity contribution in [1.29, 1.82) is 0 Å². The summed E-state index contributed by atoms with van der Waals surface area (Å²) < 4.78 is 0. The van der Waals surface area contributed by atoms with E-state index in [1.165, 1.54) is 6.42 Å². The summed E-state index contributed by atoms with van der Waals surface area (Å²) in [5, 5.41) is 13.0. The number of carbonyl (C=O) groups excluding carboxylic acids is 1. The molecule has 1 aliphatic rings. The summed E-state index contributed by atoms with van der Waals surface area (Å²) in [4.78, 5) is 14.2. The molecule has 2 unspecified atom stereocenters. The maximum Gasteiger partial charge on any atom is 0.238 e. The number of hydrogen-bond donors (Lipinski definition) is 2. The van der Waals surface area contributed by atoms with Gasteiger partial charge in [-0.25, -0.2) is 0 Å². The molecule has 0 heterocycles. The Morgan fingerprint density at radius 3 is 2.77 bits per heavy atom. The van der Waals surface area contributed by atoms with Gasteiger partial charge < -0.3 is 10.4 Å². The number of carbonyl (C=O) groups is 1. The van der Waals surface area contributed by atoms with Crippen molar-refractivity contribution in [2.75, 3.05) is 25.5 Å². The minimum atomic E-state index is -0.208. The van der Waals surface area contributed by atoms with Crippen LogP contribution < -0.4 is 5.32 Å². The van der Waals surface area contributed by atoms with E-state index in [0.717, 1.165) is 43.5 Å². The van der Waals surface area contributed by atoms with Crippen molar-refractivity contribution in [2.24, 2.45) is 5.92 Å². The highest BCUT2D eigenvalue weighted by molar-refractivity contribution is 5.92. The number of anilines is 1. The van der Waals surface area contributed by atoms with E-state index in [0.29, 0.717) is 12.5 Å². The first-order valence-electron chi connectivity index (χ1n) is 8.34. The minimum absolute atomic E-state index is 0.00805. The molecule has 2 rings (SSSR count). The van der Waals surface area contributed by atoms with Crippen LogP contribution >= 0.6 is 0 Å². The first-order chi connectivity index (χ1) is 10.6. The van der Waals surface area contributed by atoms with Crippen LogP contribution in [-0.2, 0) is 11.2 Å². The summed E-state index contributed by atoms with van der Waals surface area (Å²) >= 11 is 0. The average Bonchev–Trinajstić information content (AvgIpc) is 2.50. The second-order valence-electron chi connectivity index (χ2n) is 6.37. The van der Waals surface area contributed by atoms with Gasteiger partial charge in [0.15, 0.2) is 0 Å². The van der Waals surface area contributed by atoms with Gasteiger partial charge in [-0.3, -0.25) is 9.69 Å². The number of aliphatic hydroxyl groups is 1. The zero-order chi connectivity index (χ0) is 15.9. The molecular weight excluding hydrogens is 276 g/mol. The van der Waals surface area contributed by atoms with E-state index in [1.807, 2.05) is 36.2 Å². The third kappa shape index (κ3) is 4.82. The van der Waals surface area contributed by atoms with Crippen molar-refractivity contribution in [3.8, 4) is 0 Å². The molecule has 0 aromatic heterocycles. The molecule has 4 heteroatoms. The maximum absolute atomic E-state index is 12.2. The molecule has 22 heavy (non-hydrogen) atoms. The van der Waals surface area contributed by atoms with Crippen LogP contribution in [0.5, 0.6) is 0 Å². The number of likely N-dealkylation sites (N-methyl/N-ethyl adjacent to an activating group) is 1. The van der Waals surface area contributed by atoms with Gasteiger partial charge in [-0.1, -0.05) is 38.0 Å². The lowest BCUT2D eigenvalue weighted by Gasteiger charge is -2.31. The van der Waals surface area contributed by atoms with Gasteiger partial charge in [-0.15, -0.1) is 0 Å². The normalized spacial score (nSPS) is 21.8. The van der Waals surface area contributed by atoms with Gasteiger partial charge in [0, 0.05) is 12.2 Å². The van der Waals surface area contributed by atoms with Crippen LogP contribution in [0.4, 0.5) is 5.69 Å². The standard InChI is InChI=1S/C18H28N2O2/c1-3-14-8-4-6-10-16(14)19-18(22)13-20(2)12-15-9-5-7-11-17(15)21/h4,6,8,10,15,17,21H,3,5,7,9,11-13H2,1-2H3,(H,19,22). The molecule has 0 radical (unpaired) electrons. The highest BCUT2D eigenvalue weighted by atomic mass is 16.3.